The molecule has 1 atom stereocenters. The quantitative estimate of drug-likeness (QED) is 0.428. The number of aromatic nitrogens is 2. The van der Waals surface area contributed by atoms with Crippen LogP contribution in [-0.2, 0) is 10.0 Å². The molecule has 10 heteroatoms. The number of aromatic amines is 1. The second kappa shape index (κ2) is 7.51. The molecule has 1 aliphatic rings. The van der Waals surface area contributed by atoms with Gasteiger partial charge in [-0.05, 0) is 56.0 Å². The molecule has 1 N–H and O–H groups in total. The molecule has 1 aliphatic carbocycles. The zero-order valence-corrected chi connectivity index (χ0v) is 18.8. The minimum Gasteiger partial charge on any atom is -0.296 e. The normalized spacial score (nSPS) is 15.3. The first-order valence-corrected chi connectivity index (χ1v) is 12.4. The van der Waals surface area contributed by atoms with Crippen LogP contribution in [0.2, 0.25) is 5.02 Å². The molecular formula is C21H18ClN3O4S2. The van der Waals surface area contributed by atoms with Crippen molar-refractivity contribution in [3.05, 3.63) is 64.1 Å². The maximum Gasteiger partial charge on any atom is 0.439 e. The fourth-order valence-corrected chi connectivity index (χ4v) is 7.28. The van der Waals surface area contributed by atoms with Gasteiger partial charge in [-0.3, -0.25) is 13.8 Å². The second-order valence-electron chi connectivity index (χ2n) is 7.56. The lowest BCUT2D eigenvalue weighted by atomic mass is 10.2. The number of H-pyrrole nitrogens is 1. The van der Waals surface area contributed by atoms with E-state index < -0.39 is 15.8 Å². The number of rotatable bonds is 6. The second-order valence-corrected chi connectivity index (χ2v) is 10.8. The van der Waals surface area contributed by atoms with Crippen LogP contribution in [0.1, 0.15) is 19.8 Å². The number of anilines is 1. The van der Waals surface area contributed by atoms with Crippen LogP contribution in [0.15, 0.2) is 62.7 Å². The molecule has 0 radical (unpaired) electrons. The monoisotopic (exact) mass is 475 g/mol. The van der Waals surface area contributed by atoms with Gasteiger partial charge in [-0.25, -0.2) is 13.2 Å². The Kier molecular flexibility index (Phi) is 4.91. The number of benzene rings is 2. The standard InChI is InChI=1S/C21H18ClN3O4S2/c1-12(13-6-7-13)25(20-18(22)16-4-2-3-5-17(16)30-20)31(27,28)15-10-8-14(9-11-15)19-23-21(26)29-24-19/h2-5,8-13H,6-7H2,1H3,(H,23,24,26). The Bertz CT molecular complexity index is 1420. The van der Waals surface area contributed by atoms with Crippen molar-refractivity contribution in [1.29, 1.82) is 0 Å². The highest BCUT2D eigenvalue weighted by Gasteiger charge is 2.40. The maximum atomic E-state index is 13.8. The minimum absolute atomic E-state index is 0.142. The summed E-state index contributed by atoms with van der Waals surface area (Å²) in [5.74, 6) is -0.129. The van der Waals surface area contributed by atoms with Crippen LogP contribution in [0.4, 0.5) is 5.00 Å². The number of halogens is 1. The molecule has 4 aromatic rings. The summed E-state index contributed by atoms with van der Waals surface area (Å²) in [4.78, 5) is 13.8. The van der Waals surface area contributed by atoms with E-state index in [9.17, 15) is 13.2 Å². The van der Waals surface area contributed by atoms with Crippen molar-refractivity contribution in [2.45, 2.75) is 30.7 Å². The highest BCUT2D eigenvalue weighted by atomic mass is 35.5. The number of fused-ring (bicyclic) bond motifs is 1. The Hall–Kier alpha value is -2.62. The summed E-state index contributed by atoms with van der Waals surface area (Å²) in [6.07, 6.45) is 1.99. The SMILES string of the molecule is CC(C1CC1)N(c1sc2ccccc2c1Cl)S(=O)(=O)c1ccc(-c2noc(=O)[nH]2)cc1. The predicted molar refractivity (Wildman–Crippen MR) is 121 cm³/mol. The van der Waals surface area contributed by atoms with Crippen LogP contribution in [-0.4, -0.2) is 24.6 Å². The number of sulfonamides is 1. The Morgan fingerprint density at radius 1 is 1.19 bits per heavy atom. The van der Waals surface area contributed by atoms with Gasteiger partial charge in [0.25, 0.3) is 10.0 Å². The topological polar surface area (TPSA) is 96.3 Å². The molecule has 0 spiro atoms. The van der Waals surface area contributed by atoms with Gasteiger partial charge in [0.05, 0.1) is 9.92 Å². The van der Waals surface area contributed by atoms with Gasteiger partial charge in [-0.1, -0.05) is 35.0 Å². The number of hydrogen-bond donors (Lipinski definition) is 1. The van der Waals surface area contributed by atoms with E-state index in [2.05, 4.69) is 14.7 Å². The Labute approximate surface area is 187 Å². The minimum atomic E-state index is -3.88. The fourth-order valence-electron chi connectivity index (χ4n) is 3.68. The third-order valence-electron chi connectivity index (χ3n) is 5.52. The van der Waals surface area contributed by atoms with Crippen LogP contribution in [0.5, 0.6) is 0 Å². The molecule has 0 amide bonds. The molecule has 0 bridgehead atoms. The van der Waals surface area contributed by atoms with Gasteiger partial charge in [-0.2, -0.15) is 0 Å². The van der Waals surface area contributed by atoms with Crippen molar-refractivity contribution in [2.75, 3.05) is 4.31 Å². The number of nitrogens with one attached hydrogen (secondary N) is 1. The molecule has 5 rings (SSSR count). The van der Waals surface area contributed by atoms with Gasteiger partial charge in [0, 0.05) is 21.7 Å². The summed E-state index contributed by atoms with van der Waals surface area (Å²) < 4.78 is 34.5. The highest BCUT2D eigenvalue weighted by molar-refractivity contribution is 7.93. The van der Waals surface area contributed by atoms with Gasteiger partial charge in [-0.15, -0.1) is 11.3 Å². The largest absolute Gasteiger partial charge is 0.439 e. The molecule has 2 aromatic carbocycles. The van der Waals surface area contributed by atoms with E-state index in [1.54, 1.807) is 12.1 Å². The van der Waals surface area contributed by atoms with Gasteiger partial charge in [0.2, 0.25) is 0 Å². The Morgan fingerprint density at radius 2 is 1.90 bits per heavy atom. The van der Waals surface area contributed by atoms with Gasteiger partial charge in [0.15, 0.2) is 5.82 Å². The summed E-state index contributed by atoms with van der Waals surface area (Å²) >= 11 is 8.06. The van der Waals surface area contributed by atoms with E-state index in [0.717, 1.165) is 22.9 Å². The first-order valence-electron chi connectivity index (χ1n) is 9.74. The summed E-state index contributed by atoms with van der Waals surface area (Å²) in [5.41, 5.74) is 0.548. The number of nitrogens with zero attached hydrogens (tertiary/aromatic N) is 2. The van der Waals surface area contributed by atoms with E-state index in [-0.39, 0.29) is 16.8 Å². The van der Waals surface area contributed by atoms with E-state index in [1.165, 1.54) is 27.8 Å². The third-order valence-corrected chi connectivity index (χ3v) is 9.20. The smallest absolute Gasteiger partial charge is 0.296 e. The van der Waals surface area contributed by atoms with E-state index in [4.69, 9.17) is 11.6 Å². The molecule has 1 fully saturated rings. The lowest BCUT2D eigenvalue weighted by Gasteiger charge is -2.29. The van der Waals surface area contributed by atoms with Crippen molar-refractivity contribution in [2.24, 2.45) is 5.92 Å². The van der Waals surface area contributed by atoms with Crippen molar-refractivity contribution >= 4 is 48.0 Å². The zero-order valence-electron chi connectivity index (χ0n) is 16.4. The molecule has 160 valence electrons. The molecule has 0 saturated heterocycles. The predicted octanol–water partition coefficient (Wildman–Crippen LogP) is 4.89. The summed E-state index contributed by atoms with van der Waals surface area (Å²) in [6, 6.07) is 13.6. The number of thiophene rings is 1. The first-order chi connectivity index (χ1) is 14.9. The van der Waals surface area contributed by atoms with Gasteiger partial charge >= 0.3 is 5.76 Å². The molecular weight excluding hydrogens is 458 g/mol. The third kappa shape index (κ3) is 3.56. The van der Waals surface area contributed by atoms with Crippen molar-refractivity contribution in [3.8, 4) is 11.4 Å². The summed E-state index contributed by atoms with van der Waals surface area (Å²) in [7, 11) is -3.88. The number of hydrogen-bond acceptors (Lipinski definition) is 6. The highest BCUT2D eigenvalue weighted by Crippen LogP contribution is 2.47. The van der Waals surface area contributed by atoms with Crippen LogP contribution in [0, 0.1) is 5.92 Å². The van der Waals surface area contributed by atoms with Gasteiger partial charge in [0.1, 0.15) is 5.00 Å². The Morgan fingerprint density at radius 3 is 2.52 bits per heavy atom. The first kappa shape index (κ1) is 20.3. The van der Waals surface area contributed by atoms with Crippen LogP contribution < -0.4 is 10.1 Å². The van der Waals surface area contributed by atoms with E-state index in [0.29, 0.717) is 21.5 Å². The van der Waals surface area contributed by atoms with E-state index in [1.807, 2.05) is 31.2 Å². The Balaban J connectivity index is 1.60. The van der Waals surface area contributed by atoms with Crippen LogP contribution >= 0.6 is 22.9 Å². The molecule has 0 aliphatic heterocycles. The molecule has 1 saturated carbocycles. The lowest BCUT2D eigenvalue weighted by molar-refractivity contribution is 0.388. The summed E-state index contributed by atoms with van der Waals surface area (Å²) in [6.45, 7) is 1.93. The van der Waals surface area contributed by atoms with Gasteiger partial charge < -0.3 is 0 Å². The molecule has 31 heavy (non-hydrogen) atoms. The average Bonchev–Trinajstić information content (AvgIpc) is 3.46. The zero-order chi connectivity index (χ0) is 21.8. The van der Waals surface area contributed by atoms with Crippen molar-refractivity contribution < 1.29 is 12.9 Å². The molecule has 1 unspecified atom stereocenters. The molecule has 7 nitrogen and oxygen atoms in total. The summed E-state index contributed by atoms with van der Waals surface area (Å²) in [5, 5.41) is 5.47. The van der Waals surface area contributed by atoms with Crippen molar-refractivity contribution in [3.63, 3.8) is 0 Å². The average molecular weight is 476 g/mol. The van der Waals surface area contributed by atoms with Crippen LogP contribution in [0.3, 0.4) is 0 Å². The fraction of sp³-hybridized carbons (Fsp3) is 0.238. The molecule has 2 heterocycles. The van der Waals surface area contributed by atoms with E-state index >= 15 is 0 Å². The lowest BCUT2D eigenvalue weighted by Crippen LogP contribution is -2.39. The maximum absolute atomic E-state index is 13.8. The molecule has 2 aromatic heterocycles. The van der Waals surface area contributed by atoms with Crippen molar-refractivity contribution in [1.82, 2.24) is 10.1 Å². The van der Waals surface area contributed by atoms with Crippen LogP contribution in [0.25, 0.3) is 21.5 Å².